The molecule has 1 aliphatic rings. The summed E-state index contributed by atoms with van der Waals surface area (Å²) in [6, 6.07) is 4.13. The molecule has 6 heteroatoms. The minimum Gasteiger partial charge on any atom is -0.497 e. The topological polar surface area (TPSA) is 55.2 Å². The van der Waals surface area contributed by atoms with Gasteiger partial charge in [0, 0.05) is 17.7 Å². The van der Waals surface area contributed by atoms with E-state index in [1.807, 2.05) is 13.0 Å². The van der Waals surface area contributed by atoms with Crippen LogP contribution < -0.4 is 14.8 Å². The Hall–Kier alpha value is -2.55. The number of methoxy groups -OCH3 is 2. The Morgan fingerprint density at radius 1 is 1.35 bits per heavy atom. The summed E-state index contributed by atoms with van der Waals surface area (Å²) in [5, 5.41) is 3.78. The molecular formula is C25H32ClN3O2. The van der Waals surface area contributed by atoms with Crippen molar-refractivity contribution in [2.24, 2.45) is 15.9 Å². The Balaban J connectivity index is 2.35. The molecule has 0 saturated heterocycles. The van der Waals surface area contributed by atoms with E-state index >= 15 is 0 Å². The van der Waals surface area contributed by atoms with E-state index < -0.39 is 0 Å². The molecule has 1 unspecified atom stereocenters. The van der Waals surface area contributed by atoms with Crippen molar-refractivity contribution in [2.75, 3.05) is 20.9 Å². The second-order valence-corrected chi connectivity index (χ2v) is 7.77. The quantitative estimate of drug-likeness (QED) is 0.299. The van der Waals surface area contributed by atoms with Crippen LogP contribution >= 0.6 is 11.6 Å². The number of ether oxygens (including phenoxy) is 2. The molecule has 1 saturated carbocycles. The molecule has 0 amide bonds. The standard InChI is InChI=1S/C25H32ClN3O2/c1-7-17(3)18(4)25(29-16-27-15-28-21-11-12-21)19(8-2)9-10-20-13-22(30-5)14-23(31-6)24(20)26/h8,13-14,16-17,21,28H,4,7,11-12,15H2,1-3,5-6H3/b19-8-,27-16-,29-25+. The largest absolute Gasteiger partial charge is 0.497 e. The van der Waals surface area contributed by atoms with Crippen molar-refractivity contribution in [3.8, 4) is 23.3 Å². The van der Waals surface area contributed by atoms with Gasteiger partial charge < -0.3 is 9.47 Å². The molecule has 1 aromatic carbocycles. The van der Waals surface area contributed by atoms with Gasteiger partial charge in [0.25, 0.3) is 0 Å². The van der Waals surface area contributed by atoms with Crippen LogP contribution in [0, 0.1) is 17.8 Å². The van der Waals surface area contributed by atoms with E-state index in [1.165, 1.54) is 12.8 Å². The average Bonchev–Trinajstić information content (AvgIpc) is 3.61. The predicted octanol–water partition coefficient (Wildman–Crippen LogP) is 5.44. The van der Waals surface area contributed by atoms with Gasteiger partial charge in [-0.15, -0.1) is 0 Å². The predicted molar refractivity (Wildman–Crippen MR) is 131 cm³/mol. The Morgan fingerprint density at radius 3 is 2.68 bits per heavy atom. The first-order valence-corrected chi connectivity index (χ1v) is 10.9. The highest BCUT2D eigenvalue weighted by Crippen LogP contribution is 2.32. The average molecular weight is 442 g/mol. The van der Waals surface area contributed by atoms with Gasteiger partial charge >= 0.3 is 0 Å². The number of benzene rings is 1. The molecule has 31 heavy (non-hydrogen) atoms. The molecular weight excluding hydrogens is 410 g/mol. The van der Waals surface area contributed by atoms with Crippen LogP contribution in [0.3, 0.4) is 0 Å². The summed E-state index contributed by atoms with van der Waals surface area (Å²) in [5.74, 6) is 7.76. The minimum absolute atomic E-state index is 0.272. The van der Waals surface area contributed by atoms with E-state index in [0.29, 0.717) is 34.8 Å². The molecule has 0 aromatic heterocycles. The highest BCUT2D eigenvalue weighted by Gasteiger charge is 2.19. The maximum Gasteiger partial charge on any atom is 0.142 e. The number of rotatable bonds is 10. The smallest absolute Gasteiger partial charge is 0.142 e. The number of halogens is 1. The lowest BCUT2D eigenvalue weighted by Crippen LogP contribution is -2.16. The Morgan fingerprint density at radius 2 is 2.10 bits per heavy atom. The van der Waals surface area contributed by atoms with Crippen LogP contribution in [-0.4, -0.2) is 39.0 Å². The van der Waals surface area contributed by atoms with Crippen LogP contribution in [0.25, 0.3) is 0 Å². The third-order valence-corrected chi connectivity index (χ3v) is 5.56. The van der Waals surface area contributed by atoms with E-state index in [-0.39, 0.29) is 5.92 Å². The van der Waals surface area contributed by atoms with Crippen molar-refractivity contribution in [1.29, 1.82) is 0 Å². The van der Waals surface area contributed by atoms with E-state index in [1.54, 1.807) is 32.7 Å². The molecule has 1 N–H and O–H groups in total. The summed E-state index contributed by atoms with van der Waals surface area (Å²) in [6.07, 6.45) is 6.93. The van der Waals surface area contributed by atoms with Crippen LogP contribution in [-0.2, 0) is 0 Å². The Bertz CT molecular complexity index is 934. The van der Waals surface area contributed by atoms with Crippen molar-refractivity contribution in [3.63, 3.8) is 0 Å². The van der Waals surface area contributed by atoms with Crippen LogP contribution in [0.2, 0.25) is 5.02 Å². The van der Waals surface area contributed by atoms with E-state index in [4.69, 9.17) is 21.1 Å². The lowest BCUT2D eigenvalue weighted by Gasteiger charge is -2.14. The first kappa shape index (κ1) is 24.7. The summed E-state index contributed by atoms with van der Waals surface area (Å²) in [6.45, 7) is 11.0. The fourth-order valence-electron chi connectivity index (χ4n) is 2.75. The van der Waals surface area contributed by atoms with Gasteiger partial charge in [-0.3, -0.25) is 10.3 Å². The van der Waals surface area contributed by atoms with Gasteiger partial charge in [-0.2, -0.15) is 0 Å². The summed E-state index contributed by atoms with van der Waals surface area (Å²) >= 11 is 6.45. The van der Waals surface area contributed by atoms with E-state index in [9.17, 15) is 0 Å². The second-order valence-electron chi connectivity index (χ2n) is 7.39. The molecule has 166 valence electrons. The number of nitrogens with zero attached hydrogens (tertiary/aromatic N) is 2. The van der Waals surface area contributed by atoms with Crippen molar-refractivity contribution in [3.05, 3.63) is 46.5 Å². The molecule has 0 spiro atoms. The first-order chi connectivity index (χ1) is 14.9. The van der Waals surface area contributed by atoms with Gasteiger partial charge in [-0.25, -0.2) is 4.99 Å². The highest BCUT2D eigenvalue weighted by atomic mass is 35.5. The third kappa shape index (κ3) is 7.27. The zero-order chi connectivity index (χ0) is 22.8. The van der Waals surface area contributed by atoms with Crippen LogP contribution in [0.1, 0.15) is 45.6 Å². The lowest BCUT2D eigenvalue weighted by molar-refractivity contribution is 0.394. The molecule has 1 aliphatic carbocycles. The van der Waals surface area contributed by atoms with Gasteiger partial charge in [0.05, 0.1) is 37.2 Å². The van der Waals surface area contributed by atoms with Gasteiger partial charge in [0.1, 0.15) is 17.8 Å². The zero-order valence-electron chi connectivity index (χ0n) is 19.1. The van der Waals surface area contributed by atoms with Crippen LogP contribution in [0.5, 0.6) is 11.5 Å². The Labute approximate surface area is 191 Å². The number of hydrogen-bond acceptors (Lipinski definition) is 4. The number of nitrogens with one attached hydrogen (secondary N) is 1. The third-order valence-electron chi connectivity index (χ3n) is 5.17. The lowest BCUT2D eigenvalue weighted by atomic mass is 9.91. The summed E-state index contributed by atoms with van der Waals surface area (Å²) in [5.41, 5.74) is 3.06. The highest BCUT2D eigenvalue weighted by molar-refractivity contribution is 6.33. The molecule has 0 heterocycles. The SMILES string of the molecule is C=C(C(=N\C=N/CNC1CC1)/C(C#Cc1cc(OC)cc(OC)c1Cl)=C\C)C(C)CC. The minimum atomic E-state index is 0.272. The molecule has 2 rings (SSSR count). The zero-order valence-corrected chi connectivity index (χ0v) is 19.8. The number of hydrogen-bond donors (Lipinski definition) is 1. The summed E-state index contributed by atoms with van der Waals surface area (Å²) in [7, 11) is 3.16. The summed E-state index contributed by atoms with van der Waals surface area (Å²) in [4.78, 5) is 8.97. The van der Waals surface area contributed by atoms with Gasteiger partial charge in [-0.05, 0) is 43.7 Å². The van der Waals surface area contributed by atoms with Gasteiger partial charge in [0.2, 0.25) is 0 Å². The monoisotopic (exact) mass is 441 g/mol. The molecule has 1 atom stereocenters. The van der Waals surface area contributed by atoms with Crippen LogP contribution in [0.15, 0.2) is 45.9 Å². The van der Waals surface area contributed by atoms with E-state index in [0.717, 1.165) is 23.3 Å². The number of allylic oxidation sites excluding steroid dienone is 3. The molecule has 1 fully saturated rings. The first-order valence-electron chi connectivity index (χ1n) is 10.5. The summed E-state index contributed by atoms with van der Waals surface area (Å²) < 4.78 is 10.7. The molecule has 1 aromatic rings. The number of aliphatic imine (C=N–C) groups is 2. The Kier molecular flexibility index (Phi) is 9.84. The molecule has 0 aliphatic heterocycles. The van der Waals surface area contributed by atoms with Gasteiger partial charge in [-0.1, -0.05) is 49.9 Å². The fraction of sp³-hybridized carbons (Fsp3) is 0.440. The van der Waals surface area contributed by atoms with Crippen molar-refractivity contribution in [2.45, 2.75) is 46.1 Å². The molecule has 0 bridgehead atoms. The maximum absolute atomic E-state index is 6.45. The fourth-order valence-corrected chi connectivity index (χ4v) is 2.98. The normalized spacial score (nSPS) is 15.4. The van der Waals surface area contributed by atoms with Crippen molar-refractivity contribution in [1.82, 2.24) is 5.32 Å². The van der Waals surface area contributed by atoms with Crippen molar-refractivity contribution < 1.29 is 9.47 Å². The van der Waals surface area contributed by atoms with E-state index in [2.05, 4.69) is 47.6 Å². The van der Waals surface area contributed by atoms with Crippen molar-refractivity contribution >= 4 is 23.7 Å². The maximum atomic E-state index is 6.45. The second kappa shape index (κ2) is 12.3. The van der Waals surface area contributed by atoms with Gasteiger partial charge in [0.15, 0.2) is 0 Å². The molecule has 5 nitrogen and oxygen atoms in total. The molecule has 0 radical (unpaired) electrons. The van der Waals surface area contributed by atoms with Crippen LogP contribution in [0.4, 0.5) is 0 Å².